The molecule has 130 valence electrons. The fraction of sp³-hybridized carbons (Fsp3) is 0.300. The second-order valence-electron chi connectivity index (χ2n) is 6.23. The van der Waals surface area contributed by atoms with Crippen LogP contribution in [0.25, 0.3) is 0 Å². The Labute approximate surface area is 146 Å². The van der Waals surface area contributed by atoms with Crippen LogP contribution >= 0.6 is 0 Å². The van der Waals surface area contributed by atoms with Crippen molar-refractivity contribution < 1.29 is 19.4 Å². The molecule has 2 aromatic rings. The first-order valence-corrected chi connectivity index (χ1v) is 8.39. The summed E-state index contributed by atoms with van der Waals surface area (Å²) in [5, 5.41) is 11.3. The Morgan fingerprint density at radius 3 is 2.48 bits per heavy atom. The standard InChI is InChI=1S/C20H21NO4/c22-19(23)10-11-21-20(24)18-12-17(18)15-6-8-16(9-7-15)25-13-14-4-2-1-3-5-14/h1-9,17-18H,10-13H2,(H,21,24)(H,22,23). The zero-order chi connectivity index (χ0) is 17.6. The molecule has 2 atom stereocenters. The number of carbonyl (C=O) groups is 2. The minimum Gasteiger partial charge on any atom is -0.489 e. The maximum Gasteiger partial charge on any atom is 0.305 e. The molecule has 1 amide bonds. The molecule has 0 spiro atoms. The monoisotopic (exact) mass is 339 g/mol. The Morgan fingerprint density at radius 1 is 1.08 bits per heavy atom. The lowest BCUT2D eigenvalue weighted by atomic mass is 10.1. The molecular weight excluding hydrogens is 318 g/mol. The summed E-state index contributed by atoms with van der Waals surface area (Å²) in [7, 11) is 0. The molecule has 0 aromatic heterocycles. The van der Waals surface area contributed by atoms with Gasteiger partial charge in [0.25, 0.3) is 0 Å². The average Bonchev–Trinajstić information content (AvgIpc) is 3.42. The molecule has 0 saturated heterocycles. The number of aliphatic carboxylic acids is 1. The summed E-state index contributed by atoms with van der Waals surface area (Å²) in [6, 6.07) is 17.8. The number of rotatable bonds is 8. The van der Waals surface area contributed by atoms with E-state index in [1.165, 1.54) is 0 Å². The largest absolute Gasteiger partial charge is 0.489 e. The van der Waals surface area contributed by atoms with Gasteiger partial charge in [-0.1, -0.05) is 42.5 Å². The third-order valence-electron chi connectivity index (χ3n) is 4.32. The highest BCUT2D eigenvalue weighted by Crippen LogP contribution is 2.47. The predicted octanol–water partition coefficient (Wildman–Crippen LogP) is 2.96. The average molecular weight is 339 g/mol. The van der Waals surface area contributed by atoms with Crippen molar-refractivity contribution in [2.75, 3.05) is 6.54 Å². The van der Waals surface area contributed by atoms with Gasteiger partial charge in [0.05, 0.1) is 6.42 Å². The molecule has 2 unspecified atom stereocenters. The Kier molecular flexibility index (Phi) is 5.33. The van der Waals surface area contributed by atoms with Gasteiger partial charge < -0.3 is 15.2 Å². The third kappa shape index (κ3) is 4.83. The quantitative estimate of drug-likeness (QED) is 0.775. The van der Waals surface area contributed by atoms with Crippen LogP contribution in [0.4, 0.5) is 0 Å². The predicted molar refractivity (Wildman–Crippen MR) is 93.3 cm³/mol. The van der Waals surface area contributed by atoms with Gasteiger partial charge in [-0.15, -0.1) is 0 Å². The Hall–Kier alpha value is -2.82. The number of benzene rings is 2. The van der Waals surface area contributed by atoms with Gasteiger partial charge >= 0.3 is 5.97 Å². The van der Waals surface area contributed by atoms with E-state index in [9.17, 15) is 9.59 Å². The van der Waals surface area contributed by atoms with E-state index >= 15 is 0 Å². The second-order valence-corrected chi connectivity index (χ2v) is 6.23. The van der Waals surface area contributed by atoms with Crippen LogP contribution in [0.15, 0.2) is 54.6 Å². The van der Waals surface area contributed by atoms with Gasteiger partial charge in [-0.3, -0.25) is 9.59 Å². The molecule has 1 aliphatic rings. The number of carbonyl (C=O) groups excluding carboxylic acids is 1. The van der Waals surface area contributed by atoms with E-state index in [2.05, 4.69) is 5.32 Å². The zero-order valence-corrected chi connectivity index (χ0v) is 13.9. The van der Waals surface area contributed by atoms with Crippen molar-refractivity contribution in [3.63, 3.8) is 0 Å². The van der Waals surface area contributed by atoms with E-state index in [-0.39, 0.29) is 30.7 Å². The molecule has 0 heterocycles. The van der Waals surface area contributed by atoms with Crippen LogP contribution < -0.4 is 10.1 Å². The smallest absolute Gasteiger partial charge is 0.305 e. The number of amides is 1. The molecule has 1 saturated carbocycles. The minimum absolute atomic E-state index is 0.0451. The molecule has 0 radical (unpaired) electrons. The first-order valence-electron chi connectivity index (χ1n) is 8.39. The Bertz CT molecular complexity index is 727. The molecular formula is C20H21NO4. The highest BCUT2D eigenvalue weighted by Gasteiger charge is 2.43. The van der Waals surface area contributed by atoms with Gasteiger partial charge in [0.2, 0.25) is 5.91 Å². The van der Waals surface area contributed by atoms with Crippen molar-refractivity contribution in [3.05, 3.63) is 65.7 Å². The summed E-state index contributed by atoms with van der Waals surface area (Å²) >= 11 is 0. The van der Waals surface area contributed by atoms with Crippen LogP contribution in [0.3, 0.4) is 0 Å². The SMILES string of the molecule is O=C(O)CCNC(=O)C1CC1c1ccc(OCc2ccccc2)cc1. The van der Waals surface area contributed by atoms with Gasteiger partial charge in [-0.25, -0.2) is 0 Å². The van der Waals surface area contributed by atoms with E-state index < -0.39 is 5.97 Å². The number of carboxylic acids is 1. The summed E-state index contributed by atoms with van der Waals surface area (Å²) in [4.78, 5) is 22.4. The van der Waals surface area contributed by atoms with Crippen LogP contribution in [-0.2, 0) is 16.2 Å². The van der Waals surface area contributed by atoms with E-state index in [1.807, 2.05) is 54.6 Å². The van der Waals surface area contributed by atoms with Crippen molar-refractivity contribution in [2.24, 2.45) is 5.92 Å². The minimum atomic E-state index is -0.904. The lowest BCUT2D eigenvalue weighted by Gasteiger charge is -2.07. The van der Waals surface area contributed by atoms with Crippen LogP contribution in [0.2, 0.25) is 0 Å². The zero-order valence-electron chi connectivity index (χ0n) is 13.9. The van der Waals surface area contributed by atoms with E-state index in [1.54, 1.807) is 0 Å². The molecule has 5 nitrogen and oxygen atoms in total. The molecule has 2 N–H and O–H groups in total. The Balaban J connectivity index is 1.47. The van der Waals surface area contributed by atoms with Gasteiger partial charge in [-0.2, -0.15) is 0 Å². The molecule has 0 aliphatic heterocycles. The lowest BCUT2D eigenvalue weighted by molar-refractivity contribution is -0.136. The van der Waals surface area contributed by atoms with Gasteiger partial charge in [0, 0.05) is 12.5 Å². The van der Waals surface area contributed by atoms with Gasteiger partial charge in [0.15, 0.2) is 0 Å². The summed E-state index contributed by atoms with van der Waals surface area (Å²) in [6.45, 7) is 0.710. The molecule has 1 fully saturated rings. The van der Waals surface area contributed by atoms with Crippen LogP contribution in [0, 0.1) is 5.92 Å². The van der Waals surface area contributed by atoms with E-state index in [0.717, 1.165) is 23.3 Å². The molecule has 2 aromatic carbocycles. The summed E-state index contributed by atoms with van der Waals surface area (Å²) < 4.78 is 5.76. The number of hydrogen-bond donors (Lipinski definition) is 2. The Morgan fingerprint density at radius 2 is 1.80 bits per heavy atom. The highest BCUT2D eigenvalue weighted by molar-refractivity contribution is 5.83. The fourth-order valence-corrected chi connectivity index (χ4v) is 2.83. The molecule has 0 bridgehead atoms. The van der Waals surface area contributed by atoms with Crippen molar-refractivity contribution >= 4 is 11.9 Å². The van der Waals surface area contributed by atoms with Gasteiger partial charge in [-0.05, 0) is 35.6 Å². The first-order chi connectivity index (χ1) is 12.1. The normalized spacial score (nSPS) is 18.4. The maximum atomic E-state index is 12.0. The number of ether oxygens (including phenoxy) is 1. The van der Waals surface area contributed by atoms with E-state index in [4.69, 9.17) is 9.84 Å². The van der Waals surface area contributed by atoms with E-state index in [0.29, 0.717) is 6.61 Å². The van der Waals surface area contributed by atoms with Crippen molar-refractivity contribution in [2.45, 2.75) is 25.4 Å². The second kappa shape index (κ2) is 7.83. The summed E-state index contributed by atoms with van der Waals surface area (Å²) in [6.07, 6.45) is 0.764. The van der Waals surface area contributed by atoms with Crippen molar-refractivity contribution in [1.82, 2.24) is 5.32 Å². The van der Waals surface area contributed by atoms with Crippen molar-refractivity contribution in [3.8, 4) is 5.75 Å². The van der Waals surface area contributed by atoms with Gasteiger partial charge in [0.1, 0.15) is 12.4 Å². The highest BCUT2D eigenvalue weighted by atomic mass is 16.5. The summed E-state index contributed by atoms with van der Waals surface area (Å²) in [5.41, 5.74) is 2.23. The summed E-state index contributed by atoms with van der Waals surface area (Å²) in [5.74, 6) is 0.00277. The van der Waals surface area contributed by atoms with Crippen LogP contribution in [0.5, 0.6) is 5.75 Å². The molecule has 3 rings (SSSR count). The van der Waals surface area contributed by atoms with Crippen molar-refractivity contribution in [1.29, 1.82) is 0 Å². The first kappa shape index (κ1) is 17.0. The lowest BCUT2D eigenvalue weighted by Crippen LogP contribution is -2.27. The third-order valence-corrected chi connectivity index (χ3v) is 4.32. The number of hydrogen-bond acceptors (Lipinski definition) is 3. The molecule has 1 aliphatic carbocycles. The van der Waals surface area contributed by atoms with Crippen LogP contribution in [-0.4, -0.2) is 23.5 Å². The van der Waals surface area contributed by atoms with Crippen LogP contribution in [0.1, 0.15) is 29.9 Å². The maximum absolute atomic E-state index is 12.0. The fourth-order valence-electron chi connectivity index (χ4n) is 2.83. The topological polar surface area (TPSA) is 75.6 Å². The number of carboxylic acid groups (broad SMARTS) is 1. The molecule has 5 heteroatoms. The number of nitrogens with one attached hydrogen (secondary N) is 1. The molecule has 25 heavy (non-hydrogen) atoms.